The maximum atomic E-state index is 13.7. The first-order valence-electron chi connectivity index (χ1n) is 6.80. The van der Waals surface area contributed by atoms with Crippen molar-refractivity contribution in [3.8, 4) is 11.9 Å². The summed E-state index contributed by atoms with van der Waals surface area (Å²) in [6.45, 7) is 1.64. The number of para-hydroxylation sites is 1. The highest BCUT2D eigenvalue weighted by Gasteiger charge is 2.15. The second kappa shape index (κ2) is 5.92. The zero-order valence-electron chi connectivity index (χ0n) is 12.5. The Labute approximate surface area is 135 Å². The predicted octanol–water partition coefficient (Wildman–Crippen LogP) is 2.45. The minimum absolute atomic E-state index is 0.122. The van der Waals surface area contributed by atoms with Gasteiger partial charge in [0.05, 0.1) is 5.69 Å². The Morgan fingerprint density at radius 1 is 1.25 bits per heavy atom. The number of rotatable bonds is 3. The molecular formula is C15H11F2N7. The highest BCUT2D eigenvalue weighted by molar-refractivity contribution is 5.60. The van der Waals surface area contributed by atoms with E-state index in [9.17, 15) is 8.78 Å². The quantitative estimate of drug-likeness (QED) is 0.765. The Morgan fingerprint density at radius 3 is 2.58 bits per heavy atom. The van der Waals surface area contributed by atoms with Gasteiger partial charge in [-0.2, -0.15) is 15.0 Å². The van der Waals surface area contributed by atoms with Crippen LogP contribution in [0.1, 0.15) is 11.3 Å². The fourth-order valence-electron chi connectivity index (χ4n) is 2.13. The van der Waals surface area contributed by atoms with Crippen LogP contribution < -0.4 is 11.1 Å². The number of aromatic nitrogens is 4. The van der Waals surface area contributed by atoms with E-state index in [-0.39, 0.29) is 28.7 Å². The molecule has 7 nitrogen and oxygen atoms in total. The van der Waals surface area contributed by atoms with Crippen molar-refractivity contribution in [2.24, 2.45) is 0 Å². The van der Waals surface area contributed by atoms with Crippen LogP contribution in [0.25, 0.3) is 5.82 Å². The first-order chi connectivity index (χ1) is 11.5. The average molecular weight is 327 g/mol. The van der Waals surface area contributed by atoms with Crippen molar-refractivity contribution in [3.05, 3.63) is 53.5 Å². The van der Waals surface area contributed by atoms with E-state index in [1.807, 2.05) is 6.07 Å². The summed E-state index contributed by atoms with van der Waals surface area (Å²) in [5.74, 6) is -0.981. The van der Waals surface area contributed by atoms with Crippen LogP contribution in [0, 0.1) is 29.9 Å². The molecule has 3 N–H and O–H groups in total. The Bertz CT molecular complexity index is 939. The average Bonchev–Trinajstić information content (AvgIpc) is 2.85. The lowest BCUT2D eigenvalue weighted by atomic mass is 10.3. The fraction of sp³-hybridized carbons (Fsp3) is 0.0667. The summed E-state index contributed by atoms with van der Waals surface area (Å²) in [6.07, 6.45) is 1.19. The number of nitrogens with one attached hydrogen (secondary N) is 1. The van der Waals surface area contributed by atoms with Crippen LogP contribution in [0.4, 0.5) is 26.1 Å². The molecule has 0 aliphatic heterocycles. The second-order valence-electron chi connectivity index (χ2n) is 4.85. The van der Waals surface area contributed by atoms with Gasteiger partial charge in [-0.1, -0.05) is 6.07 Å². The van der Waals surface area contributed by atoms with Crippen molar-refractivity contribution < 1.29 is 8.78 Å². The molecule has 9 heteroatoms. The molecule has 3 aromatic rings. The number of anilines is 3. The fourth-order valence-corrected chi connectivity index (χ4v) is 2.13. The predicted molar refractivity (Wildman–Crippen MR) is 82.7 cm³/mol. The van der Waals surface area contributed by atoms with Crippen molar-refractivity contribution in [1.29, 1.82) is 5.26 Å². The maximum absolute atomic E-state index is 13.7. The van der Waals surface area contributed by atoms with E-state index >= 15 is 0 Å². The van der Waals surface area contributed by atoms with E-state index in [0.29, 0.717) is 5.69 Å². The Balaban J connectivity index is 2.00. The summed E-state index contributed by atoms with van der Waals surface area (Å²) in [5.41, 5.74) is 6.23. The van der Waals surface area contributed by atoms with Gasteiger partial charge in [-0.25, -0.2) is 18.7 Å². The van der Waals surface area contributed by atoms with E-state index in [1.165, 1.54) is 23.1 Å². The number of hydrogen-bond donors (Lipinski definition) is 2. The van der Waals surface area contributed by atoms with E-state index in [0.717, 1.165) is 12.1 Å². The number of halogens is 2. The van der Waals surface area contributed by atoms with Crippen LogP contribution in [0.15, 0.2) is 30.6 Å². The van der Waals surface area contributed by atoms with Gasteiger partial charge in [0.25, 0.3) is 0 Å². The Morgan fingerprint density at radius 2 is 1.96 bits per heavy atom. The lowest BCUT2D eigenvalue weighted by molar-refractivity contribution is 0.590. The molecule has 0 unspecified atom stereocenters. The molecule has 0 bridgehead atoms. The van der Waals surface area contributed by atoms with Gasteiger partial charge < -0.3 is 11.1 Å². The molecule has 0 spiro atoms. The number of nitrogen functional groups attached to an aromatic ring is 1. The SMILES string of the molecule is Cc1nn(-c2cc(Nc3c(F)cccc3F)ncn2)c(N)c1C#N. The van der Waals surface area contributed by atoms with Gasteiger partial charge in [0.15, 0.2) is 5.82 Å². The zero-order chi connectivity index (χ0) is 17.3. The van der Waals surface area contributed by atoms with Gasteiger partial charge in [0.1, 0.15) is 46.9 Å². The van der Waals surface area contributed by atoms with Gasteiger partial charge in [0.2, 0.25) is 0 Å². The minimum Gasteiger partial charge on any atom is -0.382 e. The molecule has 0 radical (unpaired) electrons. The van der Waals surface area contributed by atoms with E-state index < -0.39 is 11.6 Å². The van der Waals surface area contributed by atoms with Crippen molar-refractivity contribution in [3.63, 3.8) is 0 Å². The van der Waals surface area contributed by atoms with Crippen LogP contribution in [-0.4, -0.2) is 19.7 Å². The van der Waals surface area contributed by atoms with Gasteiger partial charge in [-0.15, -0.1) is 0 Å². The molecule has 0 fully saturated rings. The van der Waals surface area contributed by atoms with Crippen LogP contribution in [0.3, 0.4) is 0 Å². The van der Waals surface area contributed by atoms with Crippen LogP contribution in [0.5, 0.6) is 0 Å². The molecule has 0 atom stereocenters. The number of nitriles is 1. The number of nitrogens with two attached hydrogens (primary N) is 1. The monoisotopic (exact) mass is 327 g/mol. The first kappa shape index (κ1) is 15.4. The van der Waals surface area contributed by atoms with Crippen LogP contribution >= 0.6 is 0 Å². The standard InChI is InChI=1S/C15H11F2N7/c1-8-9(6-18)15(19)24(23-8)13-5-12(20-7-21-13)22-14-10(16)3-2-4-11(14)17/h2-5,7H,19H2,1H3,(H,20,21,22). The van der Waals surface area contributed by atoms with Crippen LogP contribution in [-0.2, 0) is 0 Å². The summed E-state index contributed by atoms with van der Waals surface area (Å²) in [4.78, 5) is 7.94. The first-order valence-corrected chi connectivity index (χ1v) is 6.80. The van der Waals surface area contributed by atoms with E-state index in [4.69, 9.17) is 11.0 Å². The smallest absolute Gasteiger partial charge is 0.161 e. The molecule has 0 aliphatic rings. The third kappa shape index (κ3) is 2.61. The summed E-state index contributed by atoms with van der Waals surface area (Å²) in [5, 5.41) is 15.8. The topological polar surface area (TPSA) is 105 Å². The molecule has 24 heavy (non-hydrogen) atoms. The molecular weight excluding hydrogens is 316 g/mol. The minimum atomic E-state index is -0.753. The third-order valence-electron chi connectivity index (χ3n) is 3.29. The second-order valence-corrected chi connectivity index (χ2v) is 4.85. The number of aryl methyl sites for hydroxylation is 1. The highest BCUT2D eigenvalue weighted by atomic mass is 19.1. The van der Waals surface area contributed by atoms with Crippen molar-refractivity contribution >= 4 is 17.3 Å². The van der Waals surface area contributed by atoms with Crippen molar-refractivity contribution in [1.82, 2.24) is 19.7 Å². The van der Waals surface area contributed by atoms with Gasteiger partial charge >= 0.3 is 0 Å². The molecule has 2 aromatic heterocycles. The maximum Gasteiger partial charge on any atom is 0.161 e. The number of benzene rings is 1. The lowest BCUT2D eigenvalue weighted by Crippen LogP contribution is -2.07. The van der Waals surface area contributed by atoms with Crippen LogP contribution in [0.2, 0.25) is 0 Å². The summed E-state index contributed by atoms with van der Waals surface area (Å²) in [6, 6.07) is 6.88. The number of nitrogens with zero attached hydrogens (tertiary/aromatic N) is 5. The zero-order valence-corrected chi connectivity index (χ0v) is 12.5. The lowest BCUT2D eigenvalue weighted by Gasteiger charge is -2.09. The molecule has 0 saturated heterocycles. The largest absolute Gasteiger partial charge is 0.382 e. The van der Waals surface area contributed by atoms with E-state index in [1.54, 1.807) is 6.92 Å². The summed E-state index contributed by atoms with van der Waals surface area (Å²) < 4.78 is 28.7. The van der Waals surface area contributed by atoms with Crippen molar-refractivity contribution in [2.45, 2.75) is 6.92 Å². The normalized spacial score (nSPS) is 10.4. The molecule has 1 aromatic carbocycles. The molecule has 0 amide bonds. The summed E-state index contributed by atoms with van der Waals surface area (Å²) >= 11 is 0. The Hall–Kier alpha value is -3.54. The molecule has 0 saturated carbocycles. The highest BCUT2D eigenvalue weighted by Crippen LogP contribution is 2.24. The summed E-state index contributed by atoms with van der Waals surface area (Å²) in [7, 11) is 0. The van der Waals surface area contributed by atoms with Crippen molar-refractivity contribution in [2.75, 3.05) is 11.1 Å². The Kier molecular flexibility index (Phi) is 3.79. The molecule has 120 valence electrons. The van der Waals surface area contributed by atoms with E-state index in [2.05, 4.69) is 20.4 Å². The molecule has 3 rings (SSSR count). The number of hydrogen-bond acceptors (Lipinski definition) is 6. The third-order valence-corrected chi connectivity index (χ3v) is 3.29. The van der Waals surface area contributed by atoms with Gasteiger partial charge in [-0.05, 0) is 19.1 Å². The van der Waals surface area contributed by atoms with Gasteiger partial charge in [-0.3, -0.25) is 0 Å². The molecule has 2 heterocycles. The molecule has 0 aliphatic carbocycles. The van der Waals surface area contributed by atoms with Gasteiger partial charge in [0, 0.05) is 6.07 Å².